The van der Waals surface area contributed by atoms with Crippen LogP contribution in [0, 0.1) is 18.7 Å². The number of ether oxygens (including phenoxy) is 1. The van der Waals surface area contributed by atoms with Crippen molar-refractivity contribution in [1.29, 1.82) is 0 Å². The predicted molar refractivity (Wildman–Crippen MR) is 101 cm³/mol. The van der Waals surface area contributed by atoms with Gasteiger partial charge in [-0.3, -0.25) is 14.4 Å². The summed E-state index contributed by atoms with van der Waals surface area (Å²) in [4.78, 5) is 37.8. The van der Waals surface area contributed by atoms with E-state index in [4.69, 9.17) is 4.74 Å². The summed E-state index contributed by atoms with van der Waals surface area (Å²) in [6, 6.07) is 13.2. The number of amides is 2. The molecule has 0 saturated carbocycles. The number of nitrogens with zero attached hydrogens (tertiary/aromatic N) is 1. The second kappa shape index (κ2) is 8.65. The van der Waals surface area contributed by atoms with Crippen molar-refractivity contribution in [1.82, 2.24) is 5.32 Å². The van der Waals surface area contributed by atoms with Crippen LogP contribution in [0.3, 0.4) is 0 Å². The van der Waals surface area contributed by atoms with E-state index < -0.39 is 24.4 Å². The van der Waals surface area contributed by atoms with Crippen molar-refractivity contribution in [2.45, 2.75) is 19.9 Å². The fourth-order valence-electron chi connectivity index (χ4n) is 2.95. The van der Waals surface area contributed by atoms with Gasteiger partial charge in [0.25, 0.3) is 5.91 Å². The largest absolute Gasteiger partial charge is 0.455 e. The molecule has 28 heavy (non-hydrogen) atoms. The Kier molecular flexibility index (Phi) is 6.03. The van der Waals surface area contributed by atoms with E-state index in [0.717, 1.165) is 16.8 Å². The number of rotatable bonds is 6. The molecule has 1 atom stereocenters. The fourth-order valence-corrected chi connectivity index (χ4v) is 2.95. The number of benzene rings is 2. The highest BCUT2D eigenvalue weighted by atomic mass is 19.1. The molecule has 0 radical (unpaired) electrons. The minimum absolute atomic E-state index is 0.0594. The monoisotopic (exact) mass is 384 g/mol. The lowest BCUT2D eigenvalue weighted by Crippen LogP contribution is -2.31. The Labute approximate surface area is 162 Å². The summed E-state index contributed by atoms with van der Waals surface area (Å²) in [6.45, 7) is 1.98. The maximum absolute atomic E-state index is 12.9. The summed E-state index contributed by atoms with van der Waals surface area (Å²) in [7, 11) is 0. The Morgan fingerprint density at radius 3 is 2.50 bits per heavy atom. The summed E-state index contributed by atoms with van der Waals surface area (Å²) in [6.07, 6.45) is 0.0594. The number of anilines is 1. The molecule has 2 aromatic rings. The summed E-state index contributed by atoms with van der Waals surface area (Å²) in [5.41, 5.74) is 2.55. The molecular weight excluding hydrogens is 363 g/mol. The number of aryl methyl sites for hydroxylation is 1. The van der Waals surface area contributed by atoms with Crippen molar-refractivity contribution in [3.8, 4) is 0 Å². The fraction of sp³-hybridized carbons (Fsp3) is 0.286. The number of carbonyl (C=O) groups is 3. The van der Waals surface area contributed by atoms with Gasteiger partial charge in [-0.2, -0.15) is 0 Å². The predicted octanol–water partition coefficient (Wildman–Crippen LogP) is 2.35. The van der Waals surface area contributed by atoms with Gasteiger partial charge in [0.15, 0.2) is 6.61 Å². The summed E-state index contributed by atoms with van der Waals surface area (Å²) in [5.74, 6) is -2.13. The zero-order chi connectivity index (χ0) is 20.1. The van der Waals surface area contributed by atoms with Crippen LogP contribution in [0.25, 0.3) is 0 Å². The van der Waals surface area contributed by atoms with Crippen LogP contribution in [0.5, 0.6) is 0 Å². The molecule has 6 nitrogen and oxygen atoms in total. The van der Waals surface area contributed by atoms with Crippen LogP contribution in [0.15, 0.2) is 48.5 Å². The molecule has 0 aromatic heterocycles. The molecule has 3 rings (SSSR count). The lowest BCUT2D eigenvalue weighted by molar-refractivity contribution is -0.152. The number of hydrogen-bond donors (Lipinski definition) is 1. The van der Waals surface area contributed by atoms with Gasteiger partial charge in [-0.25, -0.2) is 4.39 Å². The summed E-state index contributed by atoms with van der Waals surface area (Å²) < 4.78 is 17.9. The molecule has 2 aromatic carbocycles. The first-order chi connectivity index (χ1) is 13.4. The molecule has 146 valence electrons. The van der Waals surface area contributed by atoms with E-state index in [1.54, 1.807) is 17.0 Å². The Bertz CT molecular complexity index is 865. The van der Waals surface area contributed by atoms with Crippen LogP contribution in [0.1, 0.15) is 17.5 Å². The molecule has 1 N–H and O–H groups in total. The van der Waals surface area contributed by atoms with Crippen LogP contribution < -0.4 is 10.2 Å². The first kappa shape index (κ1) is 19.5. The molecule has 0 bridgehead atoms. The Hall–Kier alpha value is -3.22. The molecule has 1 saturated heterocycles. The van der Waals surface area contributed by atoms with Crippen LogP contribution >= 0.6 is 0 Å². The van der Waals surface area contributed by atoms with Gasteiger partial charge in [0.05, 0.1) is 5.92 Å². The quantitative estimate of drug-likeness (QED) is 0.776. The van der Waals surface area contributed by atoms with Crippen molar-refractivity contribution in [2.75, 3.05) is 18.1 Å². The number of hydrogen-bond acceptors (Lipinski definition) is 4. The summed E-state index contributed by atoms with van der Waals surface area (Å²) in [5, 5.41) is 2.60. The van der Waals surface area contributed by atoms with Crippen molar-refractivity contribution in [2.24, 2.45) is 5.92 Å². The Morgan fingerprint density at radius 1 is 1.14 bits per heavy atom. The van der Waals surface area contributed by atoms with E-state index in [0.29, 0.717) is 0 Å². The summed E-state index contributed by atoms with van der Waals surface area (Å²) >= 11 is 0. The first-order valence-electron chi connectivity index (χ1n) is 8.97. The lowest BCUT2D eigenvalue weighted by atomic mass is 10.1. The van der Waals surface area contributed by atoms with Crippen molar-refractivity contribution in [3.63, 3.8) is 0 Å². The molecule has 1 aliphatic heterocycles. The van der Waals surface area contributed by atoms with Gasteiger partial charge in [0, 0.05) is 25.2 Å². The third-order valence-corrected chi connectivity index (χ3v) is 4.55. The van der Waals surface area contributed by atoms with Gasteiger partial charge in [0.1, 0.15) is 5.82 Å². The van der Waals surface area contributed by atoms with E-state index in [1.165, 1.54) is 12.1 Å². The number of halogens is 1. The first-order valence-corrected chi connectivity index (χ1v) is 8.97. The van der Waals surface area contributed by atoms with E-state index in [2.05, 4.69) is 5.32 Å². The van der Waals surface area contributed by atoms with Gasteiger partial charge in [0.2, 0.25) is 5.91 Å². The molecule has 1 fully saturated rings. The van der Waals surface area contributed by atoms with Crippen LogP contribution in [-0.2, 0) is 25.7 Å². The standard InChI is InChI=1S/C21H21FN2O4/c1-14-2-8-18(9-3-14)24-12-16(10-20(24)26)21(27)28-13-19(25)23-11-15-4-6-17(22)7-5-15/h2-9,16H,10-13H2,1H3,(H,23,25)/t16-/m0/s1. The second-order valence-electron chi connectivity index (χ2n) is 6.75. The van der Waals surface area contributed by atoms with Gasteiger partial charge < -0.3 is 15.0 Å². The molecule has 7 heteroatoms. The van der Waals surface area contributed by atoms with Gasteiger partial charge in [-0.05, 0) is 36.8 Å². The molecule has 0 spiro atoms. The average Bonchev–Trinajstić information content (AvgIpc) is 3.08. The smallest absolute Gasteiger partial charge is 0.311 e. The molecular formula is C21H21FN2O4. The number of nitrogens with one attached hydrogen (secondary N) is 1. The molecule has 2 amide bonds. The van der Waals surface area contributed by atoms with Crippen molar-refractivity contribution >= 4 is 23.5 Å². The van der Waals surface area contributed by atoms with E-state index in [9.17, 15) is 18.8 Å². The van der Waals surface area contributed by atoms with E-state index in [1.807, 2.05) is 31.2 Å². The van der Waals surface area contributed by atoms with Crippen LogP contribution in [0.4, 0.5) is 10.1 Å². The average molecular weight is 384 g/mol. The highest BCUT2D eigenvalue weighted by Crippen LogP contribution is 2.26. The lowest BCUT2D eigenvalue weighted by Gasteiger charge is -2.16. The zero-order valence-electron chi connectivity index (χ0n) is 15.5. The van der Waals surface area contributed by atoms with Crippen LogP contribution in [0.2, 0.25) is 0 Å². The second-order valence-corrected chi connectivity index (χ2v) is 6.75. The molecule has 0 aliphatic carbocycles. The third kappa shape index (κ3) is 4.94. The maximum Gasteiger partial charge on any atom is 0.311 e. The number of carbonyl (C=O) groups excluding carboxylic acids is 3. The van der Waals surface area contributed by atoms with Crippen molar-refractivity contribution < 1.29 is 23.5 Å². The topological polar surface area (TPSA) is 75.7 Å². The van der Waals surface area contributed by atoms with E-state index >= 15 is 0 Å². The maximum atomic E-state index is 12.9. The van der Waals surface area contributed by atoms with Gasteiger partial charge in [-0.1, -0.05) is 29.8 Å². The van der Waals surface area contributed by atoms with Gasteiger partial charge >= 0.3 is 5.97 Å². The Morgan fingerprint density at radius 2 is 1.82 bits per heavy atom. The normalized spacial score (nSPS) is 16.1. The molecule has 1 aliphatic rings. The van der Waals surface area contributed by atoms with E-state index in [-0.39, 0.29) is 31.2 Å². The highest BCUT2D eigenvalue weighted by molar-refractivity contribution is 5.99. The van der Waals surface area contributed by atoms with Gasteiger partial charge in [-0.15, -0.1) is 0 Å². The third-order valence-electron chi connectivity index (χ3n) is 4.55. The molecule has 0 unspecified atom stereocenters. The number of esters is 1. The minimum Gasteiger partial charge on any atom is -0.455 e. The Balaban J connectivity index is 1.45. The zero-order valence-corrected chi connectivity index (χ0v) is 15.5. The van der Waals surface area contributed by atoms with Crippen LogP contribution in [-0.4, -0.2) is 30.9 Å². The minimum atomic E-state index is -0.598. The molecule has 1 heterocycles. The highest BCUT2D eigenvalue weighted by Gasteiger charge is 2.36. The van der Waals surface area contributed by atoms with Crippen molar-refractivity contribution in [3.05, 3.63) is 65.5 Å². The SMILES string of the molecule is Cc1ccc(N2C[C@@H](C(=O)OCC(=O)NCc3ccc(F)cc3)CC2=O)cc1.